The predicted octanol–water partition coefficient (Wildman–Crippen LogP) is 3.05. The van der Waals surface area contributed by atoms with Gasteiger partial charge in [0.1, 0.15) is 0 Å². The van der Waals surface area contributed by atoms with Crippen molar-refractivity contribution in [3.05, 3.63) is 46.7 Å². The van der Waals surface area contributed by atoms with E-state index >= 15 is 0 Å². The van der Waals surface area contributed by atoms with Gasteiger partial charge in [0.05, 0.1) is 13.2 Å². The van der Waals surface area contributed by atoms with Gasteiger partial charge in [0, 0.05) is 33.5 Å². The van der Waals surface area contributed by atoms with E-state index in [1.54, 1.807) is 35.2 Å². The highest BCUT2D eigenvalue weighted by Gasteiger charge is 2.46. The number of carbonyl (C=O) groups excluding carboxylic acids is 2. The lowest BCUT2D eigenvalue weighted by atomic mass is 9.87. The molecule has 0 bridgehead atoms. The second kappa shape index (κ2) is 8.23. The fraction of sp³-hybridized carbons (Fsp3) is 0.429. The number of thiophene rings is 1. The summed E-state index contributed by atoms with van der Waals surface area (Å²) in [6.45, 7) is 3.03. The monoisotopic (exact) mass is 386 g/mol. The van der Waals surface area contributed by atoms with Crippen LogP contribution in [0.25, 0.3) is 11.1 Å². The van der Waals surface area contributed by atoms with Crippen LogP contribution in [0.1, 0.15) is 18.9 Å². The Balaban J connectivity index is 1.99. The quantitative estimate of drug-likeness (QED) is 0.794. The van der Waals surface area contributed by atoms with E-state index in [1.807, 2.05) is 30.5 Å². The van der Waals surface area contributed by atoms with Crippen molar-refractivity contribution in [1.29, 1.82) is 0 Å². The second-order valence-corrected chi connectivity index (χ2v) is 7.84. The van der Waals surface area contributed by atoms with Crippen molar-refractivity contribution in [2.24, 2.45) is 0 Å². The molecule has 1 atom stereocenters. The normalized spacial score (nSPS) is 19.7. The Kier molecular flexibility index (Phi) is 5.97. The Hall–Kier alpha value is -2.18. The first-order valence-electron chi connectivity index (χ1n) is 9.21. The molecule has 1 aromatic heterocycles. The molecule has 2 heterocycles. The first-order chi connectivity index (χ1) is 13.0. The number of likely N-dealkylation sites (N-methyl/N-ethyl adjacent to an activating group) is 1. The van der Waals surface area contributed by atoms with E-state index in [2.05, 4.69) is 17.5 Å². The van der Waals surface area contributed by atoms with Crippen molar-refractivity contribution in [3.63, 3.8) is 0 Å². The fourth-order valence-corrected chi connectivity index (χ4v) is 4.28. The molecule has 0 spiro atoms. The molecule has 2 amide bonds. The summed E-state index contributed by atoms with van der Waals surface area (Å²) in [6, 6.07) is 10.2. The first-order valence-corrected chi connectivity index (χ1v) is 10.1. The van der Waals surface area contributed by atoms with E-state index in [0.29, 0.717) is 26.0 Å². The molecule has 5 nitrogen and oxygen atoms in total. The Morgan fingerprint density at radius 1 is 1.26 bits per heavy atom. The molecule has 0 saturated carbocycles. The van der Waals surface area contributed by atoms with E-state index in [-0.39, 0.29) is 18.4 Å². The number of carbonyl (C=O) groups is 2. The van der Waals surface area contributed by atoms with Crippen LogP contribution in [-0.4, -0.2) is 61.0 Å². The predicted molar refractivity (Wildman–Crippen MR) is 108 cm³/mol. The van der Waals surface area contributed by atoms with Crippen LogP contribution in [0.2, 0.25) is 0 Å². The average Bonchev–Trinajstić information content (AvgIpc) is 3.21. The average molecular weight is 387 g/mol. The maximum atomic E-state index is 13.1. The second-order valence-electron chi connectivity index (χ2n) is 7.06. The van der Waals surface area contributed by atoms with Gasteiger partial charge in [-0.2, -0.15) is 11.3 Å². The summed E-state index contributed by atoms with van der Waals surface area (Å²) < 4.78 is 6.11. The number of nitrogens with zero attached hydrogens (tertiary/aromatic N) is 2. The summed E-state index contributed by atoms with van der Waals surface area (Å²) in [7, 11) is 3.47. The minimum Gasteiger partial charge on any atom is -0.361 e. The van der Waals surface area contributed by atoms with Gasteiger partial charge in [-0.15, -0.1) is 0 Å². The van der Waals surface area contributed by atoms with Crippen LogP contribution in [0.3, 0.4) is 0 Å². The molecule has 1 saturated heterocycles. The lowest BCUT2D eigenvalue weighted by Crippen LogP contribution is -2.61. The Morgan fingerprint density at radius 3 is 2.70 bits per heavy atom. The molecule has 1 fully saturated rings. The van der Waals surface area contributed by atoms with Crippen molar-refractivity contribution in [2.75, 3.05) is 33.8 Å². The third-order valence-corrected chi connectivity index (χ3v) is 5.65. The van der Waals surface area contributed by atoms with Crippen LogP contribution >= 0.6 is 11.3 Å². The number of hydrogen-bond donors (Lipinski definition) is 0. The summed E-state index contributed by atoms with van der Waals surface area (Å²) in [4.78, 5) is 28.8. The molecular formula is C21H26N2O3S. The molecule has 1 aliphatic rings. The highest BCUT2D eigenvalue weighted by Crippen LogP contribution is 2.32. The highest BCUT2D eigenvalue weighted by atomic mass is 32.1. The van der Waals surface area contributed by atoms with Gasteiger partial charge in [-0.25, -0.2) is 0 Å². The molecule has 27 heavy (non-hydrogen) atoms. The third-order valence-electron chi connectivity index (χ3n) is 4.96. The fourth-order valence-electron chi connectivity index (χ4n) is 3.62. The molecule has 144 valence electrons. The number of benzene rings is 1. The summed E-state index contributed by atoms with van der Waals surface area (Å²) in [5, 5.41) is 4.15. The maximum absolute atomic E-state index is 13.1. The van der Waals surface area contributed by atoms with E-state index < -0.39 is 5.60 Å². The van der Waals surface area contributed by atoms with Gasteiger partial charge in [0.2, 0.25) is 5.91 Å². The van der Waals surface area contributed by atoms with Crippen molar-refractivity contribution in [2.45, 2.75) is 25.4 Å². The standard InChI is InChI=1S/C21H26N2O3S/c1-4-19(24)23-10-11-26-21(15-23,20(25)22(2)3)13-16-7-5-6-8-18(16)17-9-12-27-14-17/h5-9,12,14H,4,10-11,13,15H2,1-3H3/t21-/m1/s1. The van der Waals surface area contributed by atoms with Crippen molar-refractivity contribution in [1.82, 2.24) is 9.80 Å². The zero-order valence-corrected chi connectivity index (χ0v) is 16.9. The van der Waals surface area contributed by atoms with Crippen LogP contribution in [-0.2, 0) is 20.7 Å². The molecular weight excluding hydrogens is 360 g/mol. The number of ether oxygens (including phenoxy) is 1. The highest BCUT2D eigenvalue weighted by molar-refractivity contribution is 7.08. The molecule has 0 aliphatic carbocycles. The van der Waals surface area contributed by atoms with Gasteiger partial charge >= 0.3 is 0 Å². The van der Waals surface area contributed by atoms with Crippen LogP contribution in [0.15, 0.2) is 41.1 Å². The number of rotatable bonds is 5. The molecule has 2 aromatic rings. The lowest BCUT2D eigenvalue weighted by Gasteiger charge is -2.43. The molecule has 0 N–H and O–H groups in total. The smallest absolute Gasteiger partial charge is 0.256 e. The molecule has 3 rings (SSSR count). The van der Waals surface area contributed by atoms with Crippen molar-refractivity contribution < 1.29 is 14.3 Å². The summed E-state index contributed by atoms with van der Waals surface area (Å²) >= 11 is 1.65. The minimum atomic E-state index is -1.06. The van der Waals surface area contributed by atoms with Gasteiger partial charge in [0.25, 0.3) is 5.91 Å². The van der Waals surface area contributed by atoms with E-state index in [1.165, 1.54) is 0 Å². The van der Waals surface area contributed by atoms with Crippen molar-refractivity contribution >= 4 is 23.2 Å². The summed E-state index contributed by atoms with van der Waals surface area (Å²) in [5.74, 6) is -0.0448. The molecule has 0 radical (unpaired) electrons. The van der Waals surface area contributed by atoms with Gasteiger partial charge in [0.15, 0.2) is 5.60 Å². The Bertz CT molecular complexity index is 804. The SMILES string of the molecule is CCC(=O)N1CCO[C@@](Cc2ccccc2-c2ccsc2)(C(=O)N(C)C)C1. The molecule has 1 aromatic carbocycles. The van der Waals surface area contributed by atoms with E-state index in [0.717, 1.165) is 16.7 Å². The topological polar surface area (TPSA) is 49.9 Å². The van der Waals surface area contributed by atoms with E-state index in [4.69, 9.17) is 4.74 Å². The molecule has 0 unspecified atom stereocenters. The lowest BCUT2D eigenvalue weighted by molar-refractivity contribution is -0.172. The van der Waals surface area contributed by atoms with Crippen LogP contribution in [0.5, 0.6) is 0 Å². The van der Waals surface area contributed by atoms with Crippen LogP contribution < -0.4 is 0 Å². The van der Waals surface area contributed by atoms with Gasteiger partial charge in [-0.3, -0.25) is 9.59 Å². The maximum Gasteiger partial charge on any atom is 0.256 e. The summed E-state index contributed by atoms with van der Waals surface area (Å²) in [5.41, 5.74) is 2.24. The largest absolute Gasteiger partial charge is 0.361 e. The van der Waals surface area contributed by atoms with E-state index in [9.17, 15) is 9.59 Å². The van der Waals surface area contributed by atoms with Crippen LogP contribution in [0.4, 0.5) is 0 Å². The number of amides is 2. The van der Waals surface area contributed by atoms with Gasteiger partial charge in [-0.1, -0.05) is 31.2 Å². The number of morpholine rings is 1. The third kappa shape index (κ3) is 4.06. The zero-order chi connectivity index (χ0) is 19.4. The first kappa shape index (κ1) is 19.6. The van der Waals surface area contributed by atoms with Gasteiger partial charge in [-0.05, 0) is 33.5 Å². The molecule has 1 aliphatic heterocycles. The Morgan fingerprint density at radius 2 is 2.04 bits per heavy atom. The number of hydrogen-bond acceptors (Lipinski definition) is 4. The van der Waals surface area contributed by atoms with Gasteiger partial charge < -0.3 is 14.5 Å². The minimum absolute atomic E-state index is 0.0559. The van der Waals surface area contributed by atoms with Crippen molar-refractivity contribution in [3.8, 4) is 11.1 Å². The van der Waals surface area contributed by atoms with Crippen LogP contribution in [0, 0.1) is 0 Å². The Labute approximate surface area is 164 Å². The molecule has 6 heteroatoms. The zero-order valence-electron chi connectivity index (χ0n) is 16.1. The summed E-state index contributed by atoms with van der Waals surface area (Å²) in [6.07, 6.45) is 0.862.